The molecule has 3 rings (SSSR count). The number of amides is 1. The molecule has 2 aliphatic heterocycles. The van der Waals surface area contributed by atoms with Crippen LogP contribution in [-0.2, 0) is 9.53 Å². The molecule has 5 nitrogen and oxygen atoms in total. The van der Waals surface area contributed by atoms with Crippen LogP contribution < -0.4 is 4.74 Å². The van der Waals surface area contributed by atoms with E-state index in [4.69, 9.17) is 9.47 Å². The average Bonchev–Trinajstić information content (AvgIpc) is 2.58. The lowest BCUT2D eigenvalue weighted by Crippen LogP contribution is -2.56. The van der Waals surface area contributed by atoms with E-state index in [0.29, 0.717) is 38.3 Å². The number of aliphatic hydroxyl groups is 1. The summed E-state index contributed by atoms with van der Waals surface area (Å²) in [4.78, 5) is 14.0. The fraction of sp³-hybridized carbons (Fsp3) is 0.588. The van der Waals surface area contributed by atoms with Crippen molar-refractivity contribution in [3.05, 3.63) is 30.1 Å². The summed E-state index contributed by atoms with van der Waals surface area (Å²) in [7, 11) is 0. The lowest BCUT2D eigenvalue weighted by molar-refractivity contribution is -0.180. The first-order chi connectivity index (χ1) is 11.1. The van der Waals surface area contributed by atoms with Gasteiger partial charge in [-0.05, 0) is 49.9 Å². The maximum Gasteiger partial charge on any atom is 0.260 e. The number of likely N-dealkylation sites (tertiary alicyclic amines) is 1. The molecule has 0 aromatic heterocycles. The van der Waals surface area contributed by atoms with Gasteiger partial charge in [0, 0.05) is 19.7 Å². The molecular weight excluding hydrogens is 301 g/mol. The minimum Gasteiger partial charge on any atom is -0.484 e. The highest BCUT2D eigenvalue weighted by atomic mass is 19.1. The normalized spacial score (nSPS) is 23.7. The number of ether oxygens (including phenoxy) is 2. The monoisotopic (exact) mass is 323 g/mol. The Balaban J connectivity index is 1.49. The molecule has 126 valence electrons. The standard InChI is InChI=1S/C17H22FNO4/c18-13-3-5-14(6-4-13)22-12-16(21)19-9-7-17(8-10-19)15(20)2-1-11-23-17/h3-6,15,20H,1-2,7-12H2/t15-/m1/s1. The molecule has 2 fully saturated rings. The van der Waals surface area contributed by atoms with Crippen molar-refractivity contribution in [3.8, 4) is 5.75 Å². The van der Waals surface area contributed by atoms with Gasteiger partial charge < -0.3 is 19.5 Å². The molecule has 0 aliphatic carbocycles. The molecule has 1 spiro atoms. The fourth-order valence-electron chi connectivity index (χ4n) is 3.29. The summed E-state index contributed by atoms with van der Waals surface area (Å²) in [5.41, 5.74) is -0.479. The first-order valence-corrected chi connectivity index (χ1v) is 8.07. The van der Waals surface area contributed by atoms with Crippen molar-refractivity contribution < 1.29 is 23.8 Å². The SMILES string of the molecule is O=C(COc1ccc(F)cc1)N1CCC2(CC1)OCCC[C@H]2O. The number of carbonyl (C=O) groups excluding carboxylic acids is 1. The number of aliphatic hydroxyl groups excluding tert-OH is 1. The average molecular weight is 323 g/mol. The maximum atomic E-state index is 12.8. The Labute approximate surface area is 135 Å². The van der Waals surface area contributed by atoms with E-state index in [1.807, 2.05) is 0 Å². The molecule has 6 heteroatoms. The summed E-state index contributed by atoms with van der Waals surface area (Å²) >= 11 is 0. The Kier molecular flexibility index (Phi) is 4.82. The van der Waals surface area contributed by atoms with E-state index < -0.39 is 11.7 Å². The lowest BCUT2D eigenvalue weighted by Gasteiger charge is -2.46. The van der Waals surface area contributed by atoms with Gasteiger partial charge in [0.05, 0.1) is 11.7 Å². The molecule has 0 bridgehead atoms. The van der Waals surface area contributed by atoms with Gasteiger partial charge in [0.25, 0.3) is 5.91 Å². The number of hydrogen-bond donors (Lipinski definition) is 1. The van der Waals surface area contributed by atoms with Gasteiger partial charge in [-0.15, -0.1) is 0 Å². The number of piperidine rings is 1. The van der Waals surface area contributed by atoms with Crippen molar-refractivity contribution in [1.29, 1.82) is 0 Å². The second kappa shape index (κ2) is 6.84. The van der Waals surface area contributed by atoms with Gasteiger partial charge in [-0.2, -0.15) is 0 Å². The topological polar surface area (TPSA) is 59.0 Å². The Bertz CT molecular complexity index is 540. The molecule has 1 atom stereocenters. The Morgan fingerprint density at radius 2 is 2.04 bits per heavy atom. The van der Waals surface area contributed by atoms with Gasteiger partial charge in [-0.1, -0.05) is 0 Å². The quantitative estimate of drug-likeness (QED) is 0.920. The number of carbonyl (C=O) groups is 1. The first kappa shape index (κ1) is 16.2. The van der Waals surface area contributed by atoms with E-state index in [0.717, 1.165) is 12.8 Å². The minimum absolute atomic E-state index is 0.0674. The summed E-state index contributed by atoms with van der Waals surface area (Å²) < 4.78 is 24.0. The third kappa shape index (κ3) is 3.64. The van der Waals surface area contributed by atoms with Gasteiger partial charge in [0.1, 0.15) is 11.6 Å². The molecule has 2 aliphatic rings. The van der Waals surface area contributed by atoms with Crippen molar-refractivity contribution >= 4 is 5.91 Å². The maximum absolute atomic E-state index is 12.8. The van der Waals surface area contributed by atoms with Crippen molar-refractivity contribution in [1.82, 2.24) is 4.90 Å². The van der Waals surface area contributed by atoms with Crippen LogP contribution >= 0.6 is 0 Å². The molecule has 0 radical (unpaired) electrons. The van der Waals surface area contributed by atoms with Crippen molar-refractivity contribution in [2.75, 3.05) is 26.3 Å². The summed E-state index contributed by atoms with van der Waals surface area (Å²) in [6.07, 6.45) is 2.51. The molecule has 0 saturated carbocycles. The second-order valence-electron chi connectivity index (χ2n) is 6.19. The minimum atomic E-state index is -0.479. The molecule has 1 amide bonds. The molecule has 1 N–H and O–H groups in total. The van der Waals surface area contributed by atoms with Crippen LogP contribution in [0.3, 0.4) is 0 Å². The Hall–Kier alpha value is -1.66. The lowest BCUT2D eigenvalue weighted by atomic mass is 9.82. The van der Waals surface area contributed by atoms with Crippen LogP contribution in [0.5, 0.6) is 5.75 Å². The van der Waals surface area contributed by atoms with Crippen LogP contribution in [0.2, 0.25) is 0 Å². The van der Waals surface area contributed by atoms with Crippen LogP contribution in [0, 0.1) is 5.82 Å². The number of benzene rings is 1. The van der Waals surface area contributed by atoms with Gasteiger partial charge in [0.15, 0.2) is 6.61 Å². The predicted molar refractivity (Wildman–Crippen MR) is 81.6 cm³/mol. The van der Waals surface area contributed by atoms with Crippen molar-refractivity contribution in [2.24, 2.45) is 0 Å². The Morgan fingerprint density at radius 3 is 2.70 bits per heavy atom. The first-order valence-electron chi connectivity index (χ1n) is 8.07. The van der Waals surface area contributed by atoms with Crippen molar-refractivity contribution in [3.63, 3.8) is 0 Å². The van der Waals surface area contributed by atoms with Gasteiger partial charge in [-0.3, -0.25) is 4.79 Å². The van der Waals surface area contributed by atoms with E-state index in [1.54, 1.807) is 4.90 Å². The van der Waals surface area contributed by atoms with Crippen molar-refractivity contribution in [2.45, 2.75) is 37.4 Å². The zero-order chi connectivity index (χ0) is 16.3. The summed E-state index contributed by atoms with van der Waals surface area (Å²) in [6.45, 7) is 1.73. The zero-order valence-corrected chi connectivity index (χ0v) is 13.0. The third-order valence-electron chi connectivity index (χ3n) is 4.76. The van der Waals surface area contributed by atoms with E-state index in [-0.39, 0.29) is 18.3 Å². The third-order valence-corrected chi connectivity index (χ3v) is 4.76. The highest BCUT2D eigenvalue weighted by molar-refractivity contribution is 5.77. The number of rotatable bonds is 3. The molecule has 23 heavy (non-hydrogen) atoms. The van der Waals surface area contributed by atoms with Gasteiger partial charge in [-0.25, -0.2) is 4.39 Å². The number of halogens is 1. The second-order valence-corrected chi connectivity index (χ2v) is 6.19. The zero-order valence-electron chi connectivity index (χ0n) is 13.0. The van der Waals surface area contributed by atoms with E-state index in [9.17, 15) is 14.3 Å². The highest BCUT2D eigenvalue weighted by Gasteiger charge is 2.44. The van der Waals surface area contributed by atoms with Crippen LogP contribution in [-0.4, -0.2) is 53.9 Å². The predicted octanol–water partition coefficient (Wildman–Crippen LogP) is 1.74. The molecule has 2 saturated heterocycles. The summed E-state index contributed by atoms with van der Waals surface area (Å²) in [5.74, 6) is 0.0322. The van der Waals surface area contributed by atoms with Gasteiger partial charge >= 0.3 is 0 Å². The van der Waals surface area contributed by atoms with E-state index in [1.165, 1.54) is 24.3 Å². The van der Waals surface area contributed by atoms with E-state index >= 15 is 0 Å². The van der Waals surface area contributed by atoms with Crippen LogP contribution in [0.4, 0.5) is 4.39 Å². The fourth-order valence-corrected chi connectivity index (χ4v) is 3.29. The molecular formula is C17H22FNO4. The van der Waals surface area contributed by atoms with Crippen LogP contribution in [0.15, 0.2) is 24.3 Å². The van der Waals surface area contributed by atoms with Gasteiger partial charge in [0.2, 0.25) is 0 Å². The molecule has 1 aromatic rings. The van der Waals surface area contributed by atoms with E-state index in [2.05, 4.69) is 0 Å². The van der Waals surface area contributed by atoms with Crippen LogP contribution in [0.1, 0.15) is 25.7 Å². The number of nitrogens with zero attached hydrogens (tertiary/aromatic N) is 1. The molecule has 2 heterocycles. The number of hydrogen-bond acceptors (Lipinski definition) is 4. The summed E-state index contributed by atoms with van der Waals surface area (Å²) in [5, 5.41) is 10.2. The highest BCUT2D eigenvalue weighted by Crippen LogP contribution is 2.35. The van der Waals surface area contributed by atoms with Crippen LogP contribution in [0.25, 0.3) is 0 Å². The Morgan fingerprint density at radius 1 is 1.35 bits per heavy atom. The molecule has 1 aromatic carbocycles. The smallest absolute Gasteiger partial charge is 0.260 e. The summed E-state index contributed by atoms with van der Waals surface area (Å²) in [6, 6.07) is 5.60. The largest absolute Gasteiger partial charge is 0.484 e. The molecule has 0 unspecified atom stereocenters.